The van der Waals surface area contributed by atoms with Crippen LogP contribution in [0.3, 0.4) is 0 Å². The Labute approximate surface area is 88.7 Å². The van der Waals surface area contributed by atoms with Gasteiger partial charge in [0, 0.05) is 0 Å². The minimum Gasteiger partial charge on any atom is -0.0985 e. The van der Waals surface area contributed by atoms with E-state index in [2.05, 4.69) is 38.6 Å². The average molecular weight is 190 g/mol. The van der Waals surface area contributed by atoms with Gasteiger partial charge in [0.05, 0.1) is 0 Å². The molecule has 0 bridgehead atoms. The van der Waals surface area contributed by atoms with Crippen molar-refractivity contribution in [1.29, 1.82) is 0 Å². The van der Waals surface area contributed by atoms with E-state index in [0.29, 0.717) is 0 Å². The van der Waals surface area contributed by atoms with E-state index in [1.807, 2.05) is 19.9 Å². The smallest absolute Gasteiger partial charge is 0.0230 e. The second kappa shape index (κ2) is 7.37. The SMILES string of the molecule is C=Cc1ccc(C)cc1CCC.CC. The monoisotopic (exact) mass is 190 g/mol. The fourth-order valence-corrected chi connectivity index (χ4v) is 1.42. The minimum atomic E-state index is 1.16. The van der Waals surface area contributed by atoms with Crippen molar-refractivity contribution in [3.8, 4) is 0 Å². The summed E-state index contributed by atoms with van der Waals surface area (Å²) in [5.41, 5.74) is 4.04. The molecular formula is C14H22. The molecule has 0 aliphatic rings. The molecule has 0 nitrogen and oxygen atoms in total. The highest BCUT2D eigenvalue weighted by Gasteiger charge is 1.97. The van der Waals surface area contributed by atoms with E-state index in [-0.39, 0.29) is 0 Å². The van der Waals surface area contributed by atoms with Crippen LogP contribution >= 0.6 is 0 Å². The van der Waals surface area contributed by atoms with Gasteiger partial charge < -0.3 is 0 Å². The fourth-order valence-electron chi connectivity index (χ4n) is 1.42. The summed E-state index contributed by atoms with van der Waals surface area (Å²) in [5, 5.41) is 0. The van der Waals surface area contributed by atoms with Crippen LogP contribution < -0.4 is 0 Å². The van der Waals surface area contributed by atoms with E-state index in [1.165, 1.54) is 23.1 Å². The van der Waals surface area contributed by atoms with Crippen molar-refractivity contribution in [2.75, 3.05) is 0 Å². The second-order valence-corrected chi connectivity index (χ2v) is 3.16. The standard InChI is InChI=1S/C12H16.C2H6/c1-4-6-12-9-10(3)7-8-11(12)5-2;1-2/h5,7-9H,2,4,6H2,1,3H3;1-2H3. The quantitative estimate of drug-likeness (QED) is 0.652. The lowest BCUT2D eigenvalue weighted by Gasteiger charge is -2.05. The van der Waals surface area contributed by atoms with Gasteiger partial charge in [0.2, 0.25) is 0 Å². The third-order valence-corrected chi connectivity index (χ3v) is 2.04. The van der Waals surface area contributed by atoms with Crippen molar-refractivity contribution in [2.45, 2.75) is 40.5 Å². The summed E-state index contributed by atoms with van der Waals surface area (Å²) in [6.07, 6.45) is 4.29. The van der Waals surface area contributed by atoms with Crippen LogP contribution in [0.1, 0.15) is 43.9 Å². The highest BCUT2D eigenvalue weighted by atomic mass is 14.0. The van der Waals surface area contributed by atoms with Gasteiger partial charge in [0.25, 0.3) is 0 Å². The number of aryl methyl sites for hydroxylation is 2. The van der Waals surface area contributed by atoms with E-state index in [9.17, 15) is 0 Å². The molecule has 0 saturated heterocycles. The second-order valence-electron chi connectivity index (χ2n) is 3.16. The van der Waals surface area contributed by atoms with Gasteiger partial charge in [-0.05, 0) is 24.5 Å². The van der Waals surface area contributed by atoms with Gasteiger partial charge in [-0.25, -0.2) is 0 Å². The van der Waals surface area contributed by atoms with Crippen LogP contribution in [0.2, 0.25) is 0 Å². The highest BCUT2D eigenvalue weighted by Crippen LogP contribution is 2.14. The molecule has 1 aromatic carbocycles. The van der Waals surface area contributed by atoms with Crippen molar-refractivity contribution in [3.63, 3.8) is 0 Å². The van der Waals surface area contributed by atoms with Gasteiger partial charge >= 0.3 is 0 Å². The maximum Gasteiger partial charge on any atom is -0.0230 e. The highest BCUT2D eigenvalue weighted by molar-refractivity contribution is 5.52. The first-order chi connectivity index (χ1) is 6.77. The Balaban J connectivity index is 0.000000791. The minimum absolute atomic E-state index is 1.16. The first-order valence-corrected chi connectivity index (χ1v) is 5.50. The molecule has 0 aliphatic heterocycles. The molecule has 0 heteroatoms. The number of hydrogen-bond donors (Lipinski definition) is 0. The van der Waals surface area contributed by atoms with E-state index in [1.54, 1.807) is 0 Å². The van der Waals surface area contributed by atoms with Gasteiger partial charge in [-0.15, -0.1) is 0 Å². The number of rotatable bonds is 3. The molecule has 0 aliphatic carbocycles. The summed E-state index contributed by atoms with van der Waals surface area (Å²) in [4.78, 5) is 0. The van der Waals surface area contributed by atoms with Crippen LogP contribution in [0.15, 0.2) is 24.8 Å². The molecule has 0 spiro atoms. The molecule has 78 valence electrons. The Hall–Kier alpha value is -1.04. The fraction of sp³-hybridized carbons (Fsp3) is 0.429. The zero-order chi connectivity index (χ0) is 11.0. The van der Waals surface area contributed by atoms with Gasteiger partial charge in [0.1, 0.15) is 0 Å². The first-order valence-electron chi connectivity index (χ1n) is 5.50. The summed E-state index contributed by atoms with van der Waals surface area (Å²) in [7, 11) is 0. The summed E-state index contributed by atoms with van der Waals surface area (Å²) in [5.74, 6) is 0. The maximum absolute atomic E-state index is 3.80. The summed E-state index contributed by atoms with van der Waals surface area (Å²) >= 11 is 0. The molecule has 0 radical (unpaired) electrons. The van der Waals surface area contributed by atoms with E-state index in [4.69, 9.17) is 0 Å². The lowest BCUT2D eigenvalue weighted by molar-refractivity contribution is 0.918. The number of hydrogen-bond acceptors (Lipinski definition) is 0. The van der Waals surface area contributed by atoms with Crippen LogP contribution in [-0.2, 0) is 6.42 Å². The van der Waals surface area contributed by atoms with Crippen molar-refractivity contribution in [3.05, 3.63) is 41.5 Å². The Morgan fingerprint density at radius 2 is 1.93 bits per heavy atom. The summed E-state index contributed by atoms with van der Waals surface area (Å²) in [6, 6.07) is 6.53. The van der Waals surface area contributed by atoms with Crippen LogP contribution in [0.5, 0.6) is 0 Å². The normalized spacial score (nSPS) is 8.86. The molecule has 0 heterocycles. The van der Waals surface area contributed by atoms with Crippen LogP contribution in [-0.4, -0.2) is 0 Å². The predicted octanol–water partition coefficient (Wildman–Crippen LogP) is 4.62. The van der Waals surface area contributed by atoms with Gasteiger partial charge in [0.15, 0.2) is 0 Å². The summed E-state index contributed by atoms with van der Waals surface area (Å²) in [6.45, 7) is 12.1. The van der Waals surface area contributed by atoms with Crippen LogP contribution in [0.4, 0.5) is 0 Å². The molecule has 0 aromatic heterocycles. The maximum atomic E-state index is 3.80. The molecule has 1 aromatic rings. The molecular weight excluding hydrogens is 168 g/mol. The molecule has 0 amide bonds. The molecule has 14 heavy (non-hydrogen) atoms. The van der Waals surface area contributed by atoms with Gasteiger partial charge in [-0.2, -0.15) is 0 Å². The molecule has 1 rings (SSSR count). The van der Waals surface area contributed by atoms with E-state index >= 15 is 0 Å². The Morgan fingerprint density at radius 1 is 1.29 bits per heavy atom. The van der Waals surface area contributed by atoms with Crippen molar-refractivity contribution < 1.29 is 0 Å². The topological polar surface area (TPSA) is 0 Å². The zero-order valence-corrected chi connectivity index (χ0v) is 9.93. The van der Waals surface area contributed by atoms with Crippen molar-refractivity contribution >= 4 is 6.08 Å². The average Bonchev–Trinajstić information content (AvgIpc) is 2.22. The Bertz CT molecular complexity index is 271. The molecule has 0 saturated carbocycles. The zero-order valence-electron chi connectivity index (χ0n) is 9.93. The van der Waals surface area contributed by atoms with Crippen molar-refractivity contribution in [1.82, 2.24) is 0 Å². The Morgan fingerprint density at radius 3 is 2.43 bits per heavy atom. The van der Waals surface area contributed by atoms with E-state index in [0.717, 1.165) is 6.42 Å². The summed E-state index contributed by atoms with van der Waals surface area (Å²) < 4.78 is 0. The lowest BCUT2D eigenvalue weighted by Crippen LogP contribution is -1.88. The molecule has 0 atom stereocenters. The lowest BCUT2D eigenvalue weighted by atomic mass is 10.0. The van der Waals surface area contributed by atoms with Crippen LogP contribution in [0.25, 0.3) is 6.08 Å². The third kappa shape index (κ3) is 3.78. The third-order valence-electron chi connectivity index (χ3n) is 2.04. The molecule has 0 fully saturated rings. The van der Waals surface area contributed by atoms with Gasteiger partial charge in [-0.1, -0.05) is 63.6 Å². The van der Waals surface area contributed by atoms with E-state index < -0.39 is 0 Å². The van der Waals surface area contributed by atoms with Crippen molar-refractivity contribution in [2.24, 2.45) is 0 Å². The van der Waals surface area contributed by atoms with Gasteiger partial charge in [-0.3, -0.25) is 0 Å². The largest absolute Gasteiger partial charge is 0.0985 e. The predicted molar refractivity (Wildman–Crippen MR) is 66.6 cm³/mol. The molecule has 0 N–H and O–H groups in total. The van der Waals surface area contributed by atoms with Crippen LogP contribution in [0, 0.1) is 6.92 Å². The molecule has 0 unspecified atom stereocenters. The first kappa shape index (κ1) is 13.0. The number of benzene rings is 1. The Kier molecular flexibility index (Phi) is 6.82.